The Morgan fingerprint density at radius 2 is 1.84 bits per heavy atom. The minimum Gasteiger partial charge on any atom is -0.341 e. The van der Waals surface area contributed by atoms with Crippen LogP contribution in [0.3, 0.4) is 0 Å². The van der Waals surface area contributed by atoms with Gasteiger partial charge in [-0.25, -0.2) is 4.98 Å². The fraction of sp³-hybridized carbons (Fsp3) is 0.261. The first-order chi connectivity index (χ1) is 12.2. The quantitative estimate of drug-likeness (QED) is 0.571. The van der Waals surface area contributed by atoms with Gasteiger partial charge in [0, 0.05) is 17.0 Å². The van der Waals surface area contributed by atoms with Crippen LogP contribution in [0.15, 0.2) is 60.7 Å². The van der Waals surface area contributed by atoms with Crippen molar-refractivity contribution < 1.29 is 0 Å². The molecule has 2 heteroatoms. The van der Waals surface area contributed by atoms with Gasteiger partial charge in [-0.05, 0) is 44.7 Å². The highest BCUT2D eigenvalue weighted by Gasteiger charge is 2.21. The maximum atomic E-state index is 5.06. The van der Waals surface area contributed by atoms with Gasteiger partial charge in [0.15, 0.2) is 0 Å². The van der Waals surface area contributed by atoms with Crippen LogP contribution in [0, 0.1) is 13.8 Å². The van der Waals surface area contributed by atoms with Crippen molar-refractivity contribution in [3.8, 4) is 22.5 Å². The van der Waals surface area contributed by atoms with Crippen molar-refractivity contribution in [2.24, 2.45) is 0 Å². The van der Waals surface area contributed by atoms with E-state index < -0.39 is 0 Å². The van der Waals surface area contributed by atoms with Gasteiger partial charge in [-0.1, -0.05) is 60.2 Å². The molecular weight excluding hydrogens is 304 g/mol. The first-order valence-corrected chi connectivity index (χ1v) is 9.10. The number of allylic oxidation sites excluding steroid dienone is 2. The lowest BCUT2D eigenvalue weighted by molar-refractivity contribution is 0.589. The van der Waals surface area contributed by atoms with Crippen LogP contribution in [0.2, 0.25) is 0 Å². The zero-order chi connectivity index (χ0) is 17.2. The van der Waals surface area contributed by atoms with Gasteiger partial charge in [0.05, 0.1) is 11.4 Å². The summed E-state index contributed by atoms with van der Waals surface area (Å²) in [5.41, 5.74) is 7.20. The van der Waals surface area contributed by atoms with E-state index in [4.69, 9.17) is 4.98 Å². The van der Waals surface area contributed by atoms with Crippen molar-refractivity contribution in [3.05, 3.63) is 77.6 Å². The molecule has 1 aromatic heterocycles. The summed E-state index contributed by atoms with van der Waals surface area (Å²) in [5.74, 6) is 1.62. The average molecular weight is 328 g/mol. The fourth-order valence-electron chi connectivity index (χ4n) is 3.63. The van der Waals surface area contributed by atoms with Crippen molar-refractivity contribution in [3.63, 3.8) is 0 Å². The minimum absolute atomic E-state index is 0.492. The normalized spacial score (nSPS) is 17.0. The van der Waals surface area contributed by atoms with Crippen LogP contribution in [0.5, 0.6) is 0 Å². The molecule has 25 heavy (non-hydrogen) atoms. The van der Waals surface area contributed by atoms with E-state index in [0.29, 0.717) is 5.92 Å². The number of H-pyrrole nitrogens is 1. The molecule has 2 aromatic carbocycles. The van der Waals surface area contributed by atoms with Gasteiger partial charge in [0.1, 0.15) is 5.82 Å². The molecule has 0 spiro atoms. The van der Waals surface area contributed by atoms with Gasteiger partial charge in [0.2, 0.25) is 0 Å². The summed E-state index contributed by atoms with van der Waals surface area (Å²) in [7, 11) is 0. The SMILES string of the molecule is Cc1ccc(C)c(-c2[nH]c([C@@H]3CC=CCC3)nc2-c2ccccc2)c1. The second-order valence-corrected chi connectivity index (χ2v) is 7.01. The number of imidazole rings is 1. The Labute approximate surface area is 149 Å². The smallest absolute Gasteiger partial charge is 0.110 e. The first kappa shape index (κ1) is 15.9. The Balaban J connectivity index is 1.87. The number of benzene rings is 2. The molecule has 1 atom stereocenters. The van der Waals surface area contributed by atoms with E-state index in [0.717, 1.165) is 30.1 Å². The van der Waals surface area contributed by atoms with Crippen LogP contribution in [0.1, 0.15) is 42.1 Å². The van der Waals surface area contributed by atoms with E-state index in [2.05, 4.69) is 79.5 Å². The molecule has 0 saturated heterocycles. The molecule has 3 aromatic rings. The van der Waals surface area contributed by atoms with Crippen LogP contribution in [-0.4, -0.2) is 9.97 Å². The van der Waals surface area contributed by atoms with Crippen molar-refractivity contribution in [1.29, 1.82) is 0 Å². The minimum atomic E-state index is 0.492. The Morgan fingerprint density at radius 1 is 1.00 bits per heavy atom. The van der Waals surface area contributed by atoms with E-state index in [9.17, 15) is 0 Å². The summed E-state index contributed by atoms with van der Waals surface area (Å²) in [5, 5.41) is 0. The zero-order valence-electron chi connectivity index (χ0n) is 14.9. The predicted octanol–water partition coefficient (Wildman–Crippen LogP) is 6.18. The van der Waals surface area contributed by atoms with Gasteiger partial charge >= 0.3 is 0 Å². The molecule has 0 amide bonds. The molecule has 0 fully saturated rings. The highest BCUT2D eigenvalue weighted by atomic mass is 14.9. The van der Waals surface area contributed by atoms with Crippen LogP contribution in [0.4, 0.5) is 0 Å². The predicted molar refractivity (Wildman–Crippen MR) is 105 cm³/mol. The molecule has 0 aliphatic heterocycles. The Bertz CT molecular complexity index is 903. The van der Waals surface area contributed by atoms with Crippen molar-refractivity contribution in [1.82, 2.24) is 9.97 Å². The summed E-state index contributed by atoms with van der Waals surface area (Å²) < 4.78 is 0. The third-order valence-corrected chi connectivity index (χ3v) is 5.09. The van der Waals surface area contributed by atoms with Crippen LogP contribution in [0.25, 0.3) is 22.5 Å². The van der Waals surface area contributed by atoms with Gasteiger partial charge < -0.3 is 4.98 Å². The number of hydrogen-bond donors (Lipinski definition) is 1. The Hall–Kier alpha value is -2.61. The van der Waals surface area contributed by atoms with Crippen LogP contribution >= 0.6 is 0 Å². The third kappa shape index (κ3) is 3.17. The second-order valence-electron chi connectivity index (χ2n) is 7.01. The molecule has 1 N–H and O–H groups in total. The number of rotatable bonds is 3. The molecule has 126 valence electrons. The summed E-state index contributed by atoms with van der Waals surface area (Å²) in [6.45, 7) is 4.32. The monoisotopic (exact) mass is 328 g/mol. The number of nitrogens with one attached hydrogen (secondary N) is 1. The van der Waals surface area contributed by atoms with Gasteiger partial charge in [-0.15, -0.1) is 0 Å². The van der Waals surface area contributed by atoms with E-state index in [1.807, 2.05) is 0 Å². The molecule has 0 saturated carbocycles. The summed E-state index contributed by atoms with van der Waals surface area (Å²) >= 11 is 0. The molecule has 0 unspecified atom stereocenters. The van der Waals surface area contributed by atoms with Gasteiger partial charge in [0.25, 0.3) is 0 Å². The van der Waals surface area contributed by atoms with E-state index in [1.165, 1.54) is 28.7 Å². The molecule has 1 heterocycles. The van der Waals surface area contributed by atoms with E-state index >= 15 is 0 Å². The maximum absolute atomic E-state index is 5.06. The number of hydrogen-bond acceptors (Lipinski definition) is 1. The lowest BCUT2D eigenvalue weighted by Crippen LogP contribution is -2.02. The number of nitrogens with zero attached hydrogens (tertiary/aromatic N) is 1. The standard InChI is InChI=1S/C23H24N2/c1-16-13-14-17(2)20(15-16)22-21(18-9-5-3-6-10-18)24-23(25-22)19-11-7-4-8-12-19/h3-7,9-10,13-15,19H,8,11-12H2,1-2H3,(H,24,25)/t19-/m1/s1. The van der Waals surface area contributed by atoms with Crippen molar-refractivity contribution in [2.45, 2.75) is 39.0 Å². The largest absolute Gasteiger partial charge is 0.341 e. The summed E-state index contributed by atoms with van der Waals surface area (Å²) in [6, 6.07) is 17.2. The summed E-state index contributed by atoms with van der Waals surface area (Å²) in [4.78, 5) is 8.75. The Kier molecular flexibility index (Phi) is 4.27. The van der Waals surface area contributed by atoms with Crippen LogP contribution in [-0.2, 0) is 0 Å². The topological polar surface area (TPSA) is 28.7 Å². The number of aromatic nitrogens is 2. The second kappa shape index (κ2) is 6.72. The maximum Gasteiger partial charge on any atom is 0.110 e. The molecule has 1 aliphatic carbocycles. The molecule has 4 rings (SSSR count). The zero-order valence-corrected chi connectivity index (χ0v) is 14.9. The molecular formula is C23H24N2. The van der Waals surface area contributed by atoms with Crippen molar-refractivity contribution in [2.75, 3.05) is 0 Å². The van der Waals surface area contributed by atoms with E-state index in [1.54, 1.807) is 0 Å². The highest BCUT2D eigenvalue weighted by Crippen LogP contribution is 2.36. The van der Waals surface area contributed by atoms with E-state index in [-0.39, 0.29) is 0 Å². The average Bonchev–Trinajstić information content (AvgIpc) is 3.10. The molecule has 0 radical (unpaired) electrons. The number of aryl methyl sites for hydroxylation is 2. The lowest BCUT2D eigenvalue weighted by atomic mass is 9.94. The first-order valence-electron chi connectivity index (χ1n) is 9.10. The van der Waals surface area contributed by atoms with Crippen LogP contribution < -0.4 is 0 Å². The lowest BCUT2D eigenvalue weighted by Gasteiger charge is -2.14. The molecule has 1 aliphatic rings. The van der Waals surface area contributed by atoms with Crippen molar-refractivity contribution >= 4 is 0 Å². The number of aromatic amines is 1. The fourth-order valence-corrected chi connectivity index (χ4v) is 3.63. The molecule has 0 bridgehead atoms. The Morgan fingerprint density at radius 3 is 2.60 bits per heavy atom. The highest BCUT2D eigenvalue weighted by molar-refractivity contribution is 5.80. The third-order valence-electron chi connectivity index (χ3n) is 5.09. The van der Waals surface area contributed by atoms with Gasteiger partial charge in [-0.2, -0.15) is 0 Å². The molecule has 2 nitrogen and oxygen atoms in total. The summed E-state index contributed by atoms with van der Waals surface area (Å²) in [6.07, 6.45) is 7.96. The van der Waals surface area contributed by atoms with Gasteiger partial charge in [-0.3, -0.25) is 0 Å².